The van der Waals surface area contributed by atoms with Crippen molar-refractivity contribution in [2.24, 2.45) is 0 Å². The molecule has 0 saturated heterocycles. The summed E-state index contributed by atoms with van der Waals surface area (Å²) in [6, 6.07) is 13.7. The normalized spacial score (nSPS) is 9.78. The fourth-order valence-electron chi connectivity index (χ4n) is 1.66. The molecule has 4 heteroatoms. The Kier molecular flexibility index (Phi) is 4.32. The van der Waals surface area contributed by atoms with Crippen molar-refractivity contribution in [2.45, 2.75) is 6.42 Å². The van der Waals surface area contributed by atoms with Gasteiger partial charge in [-0.3, -0.25) is 4.98 Å². The fourth-order valence-corrected chi connectivity index (χ4v) is 2.11. The quantitative estimate of drug-likeness (QED) is 0.942. The first-order chi connectivity index (χ1) is 8.81. The molecule has 1 aromatic heterocycles. The van der Waals surface area contributed by atoms with Gasteiger partial charge in [0.15, 0.2) is 0 Å². The van der Waals surface area contributed by atoms with E-state index in [1.807, 2.05) is 36.4 Å². The standard InChI is InChI=1S/C14H12BrN3/c15-13-5-3-6-14(12(13)10-16)18-9-7-11-4-1-2-8-17-11/h1-6,8,18H,7,9H2. The second kappa shape index (κ2) is 6.18. The SMILES string of the molecule is N#Cc1c(Br)cccc1NCCc1ccccn1. The van der Waals surface area contributed by atoms with E-state index in [4.69, 9.17) is 5.26 Å². The molecule has 0 spiro atoms. The summed E-state index contributed by atoms with van der Waals surface area (Å²) in [4.78, 5) is 4.26. The third kappa shape index (κ3) is 3.08. The van der Waals surface area contributed by atoms with Gasteiger partial charge in [-0.05, 0) is 40.2 Å². The van der Waals surface area contributed by atoms with E-state index in [9.17, 15) is 0 Å². The number of aromatic nitrogens is 1. The molecule has 90 valence electrons. The Morgan fingerprint density at radius 3 is 2.83 bits per heavy atom. The third-order valence-electron chi connectivity index (χ3n) is 2.55. The van der Waals surface area contributed by atoms with Crippen LogP contribution in [0.5, 0.6) is 0 Å². The number of nitriles is 1. The van der Waals surface area contributed by atoms with Gasteiger partial charge in [-0.15, -0.1) is 0 Å². The highest BCUT2D eigenvalue weighted by atomic mass is 79.9. The van der Waals surface area contributed by atoms with Crippen LogP contribution in [-0.4, -0.2) is 11.5 Å². The van der Waals surface area contributed by atoms with Crippen molar-refractivity contribution in [1.82, 2.24) is 4.98 Å². The van der Waals surface area contributed by atoms with Gasteiger partial charge in [-0.1, -0.05) is 12.1 Å². The van der Waals surface area contributed by atoms with E-state index >= 15 is 0 Å². The summed E-state index contributed by atoms with van der Waals surface area (Å²) in [6.07, 6.45) is 2.62. The van der Waals surface area contributed by atoms with E-state index in [1.54, 1.807) is 6.20 Å². The van der Waals surface area contributed by atoms with Gasteiger partial charge < -0.3 is 5.32 Å². The van der Waals surface area contributed by atoms with E-state index in [-0.39, 0.29) is 0 Å². The van der Waals surface area contributed by atoms with Crippen molar-refractivity contribution in [1.29, 1.82) is 5.26 Å². The molecule has 0 fully saturated rings. The number of halogens is 1. The summed E-state index contributed by atoms with van der Waals surface area (Å²) in [6.45, 7) is 0.752. The maximum Gasteiger partial charge on any atom is 0.103 e. The van der Waals surface area contributed by atoms with Crippen LogP contribution >= 0.6 is 15.9 Å². The monoisotopic (exact) mass is 301 g/mol. The topological polar surface area (TPSA) is 48.7 Å². The van der Waals surface area contributed by atoms with Gasteiger partial charge in [-0.2, -0.15) is 5.26 Å². The lowest BCUT2D eigenvalue weighted by atomic mass is 10.2. The van der Waals surface area contributed by atoms with Crippen molar-refractivity contribution in [2.75, 3.05) is 11.9 Å². The minimum atomic E-state index is 0.638. The lowest BCUT2D eigenvalue weighted by Crippen LogP contribution is -2.07. The summed E-state index contributed by atoms with van der Waals surface area (Å²) >= 11 is 3.37. The summed E-state index contributed by atoms with van der Waals surface area (Å²) in [5, 5.41) is 12.3. The van der Waals surface area contributed by atoms with Gasteiger partial charge in [0, 0.05) is 29.3 Å². The van der Waals surface area contributed by atoms with Crippen LogP contribution in [0.25, 0.3) is 0 Å². The summed E-state index contributed by atoms with van der Waals surface area (Å²) in [5.74, 6) is 0. The van der Waals surface area contributed by atoms with Crippen molar-refractivity contribution in [3.05, 3.63) is 58.3 Å². The molecule has 0 amide bonds. The highest BCUT2D eigenvalue weighted by molar-refractivity contribution is 9.10. The molecule has 0 atom stereocenters. The molecule has 18 heavy (non-hydrogen) atoms. The lowest BCUT2D eigenvalue weighted by molar-refractivity contribution is 0.961. The number of hydrogen-bond donors (Lipinski definition) is 1. The van der Waals surface area contributed by atoms with Crippen LogP contribution < -0.4 is 5.32 Å². The van der Waals surface area contributed by atoms with E-state index in [0.29, 0.717) is 5.56 Å². The molecule has 0 bridgehead atoms. The minimum Gasteiger partial charge on any atom is -0.384 e. The molecule has 2 aromatic rings. The average Bonchev–Trinajstić information content (AvgIpc) is 2.40. The van der Waals surface area contributed by atoms with Gasteiger partial charge in [-0.25, -0.2) is 0 Å². The van der Waals surface area contributed by atoms with Gasteiger partial charge in [0.05, 0.1) is 11.3 Å². The molecular formula is C14H12BrN3. The Balaban J connectivity index is 1.99. The molecule has 0 aliphatic carbocycles. The van der Waals surface area contributed by atoms with E-state index < -0.39 is 0 Å². The second-order valence-electron chi connectivity index (χ2n) is 3.77. The Labute approximate surface area is 115 Å². The lowest BCUT2D eigenvalue weighted by Gasteiger charge is -2.08. The number of anilines is 1. The summed E-state index contributed by atoms with van der Waals surface area (Å²) in [7, 11) is 0. The van der Waals surface area contributed by atoms with Crippen molar-refractivity contribution >= 4 is 21.6 Å². The number of benzene rings is 1. The Bertz CT molecular complexity index is 561. The van der Waals surface area contributed by atoms with Gasteiger partial charge in [0.1, 0.15) is 6.07 Å². The third-order valence-corrected chi connectivity index (χ3v) is 3.21. The number of hydrogen-bond acceptors (Lipinski definition) is 3. The van der Waals surface area contributed by atoms with Crippen LogP contribution in [0.4, 0.5) is 5.69 Å². The van der Waals surface area contributed by atoms with Crippen LogP contribution in [0.15, 0.2) is 47.1 Å². The number of pyridine rings is 1. The molecule has 1 N–H and O–H groups in total. The maximum absolute atomic E-state index is 9.08. The molecule has 0 saturated carbocycles. The van der Waals surface area contributed by atoms with Crippen molar-refractivity contribution in [3.8, 4) is 6.07 Å². The smallest absolute Gasteiger partial charge is 0.103 e. The maximum atomic E-state index is 9.08. The van der Waals surface area contributed by atoms with Crippen LogP contribution in [-0.2, 0) is 6.42 Å². The minimum absolute atomic E-state index is 0.638. The molecular weight excluding hydrogens is 290 g/mol. The number of rotatable bonds is 4. The van der Waals surface area contributed by atoms with Crippen molar-refractivity contribution < 1.29 is 0 Å². The first-order valence-corrected chi connectivity index (χ1v) is 6.43. The van der Waals surface area contributed by atoms with Crippen LogP contribution in [0.1, 0.15) is 11.3 Å². The highest BCUT2D eigenvalue weighted by Gasteiger charge is 2.04. The molecule has 0 unspecified atom stereocenters. The Morgan fingerprint density at radius 2 is 2.11 bits per heavy atom. The Hall–Kier alpha value is -1.86. The van der Waals surface area contributed by atoms with Crippen molar-refractivity contribution in [3.63, 3.8) is 0 Å². The zero-order valence-electron chi connectivity index (χ0n) is 9.73. The molecule has 1 heterocycles. The molecule has 0 radical (unpaired) electrons. The molecule has 2 rings (SSSR count). The number of nitrogens with one attached hydrogen (secondary N) is 1. The van der Waals surface area contributed by atoms with Crippen LogP contribution in [0, 0.1) is 11.3 Å². The fraction of sp³-hybridized carbons (Fsp3) is 0.143. The average molecular weight is 302 g/mol. The zero-order chi connectivity index (χ0) is 12.8. The second-order valence-corrected chi connectivity index (χ2v) is 4.63. The van der Waals surface area contributed by atoms with Gasteiger partial charge in [0.25, 0.3) is 0 Å². The van der Waals surface area contributed by atoms with E-state index in [0.717, 1.165) is 28.8 Å². The molecule has 0 aliphatic heterocycles. The number of nitrogens with zero attached hydrogens (tertiary/aromatic N) is 2. The molecule has 0 aliphatic rings. The zero-order valence-corrected chi connectivity index (χ0v) is 11.3. The first kappa shape index (κ1) is 12.6. The molecule has 1 aromatic carbocycles. The predicted octanol–water partition coefficient (Wildman–Crippen LogP) is 3.37. The van der Waals surface area contributed by atoms with E-state index in [1.165, 1.54) is 0 Å². The van der Waals surface area contributed by atoms with Gasteiger partial charge >= 0.3 is 0 Å². The van der Waals surface area contributed by atoms with Crippen LogP contribution in [0.2, 0.25) is 0 Å². The summed E-state index contributed by atoms with van der Waals surface area (Å²) in [5.41, 5.74) is 2.53. The van der Waals surface area contributed by atoms with Gasteiger partial charge in [0.2, 0.25) is 0 Å². The van der Waals surface area contributed by atoms with E-state index in [2.05, 4.69) is 32.3 Å². The highest BCUT2D eigenvalue weighted by Crippen LogP contribution is 2.23. The summed E-state index contributed by atoms with van der Waals surface area (Å²) < 4.78 is 0.813. The molecule has 3 nitrogen and oxygen atoms in total. The largest absolute Gasteiger partial charge is 0.384 e. The van der Waals surface area contributed by atoms with Crippen LogP contribution in [0.3, 0.4) is 0 Å². The predicted molar refractivity (Wildman–Crippen MR) is 75.3 cm³/mol. The first-order valence-electron chi connectivity index (χ1n) is 5.63. The Morgan fingerprint density at radius 1 is 1.22 bits per heavy atom.